The summed E-state index contributed by atoms with van der Waals surface area (Å²) in [6.07, 6.45) is 2.66. The van der Waals surface area contributed by atoms with Crippen molar-refractivity contribution in [2.45, 2.75) is 24.8 Å². The van der Waals surface area contributed by atoms with E-state index < -0.39 is 0 Å². The van der Waals surface area contributed by atoms with Gasteiger partial charge in [-0.3, -0.25) is 0 Å². The van der Waals surface area contributed by atoms with E-state index in [1.807, 2.05) is 24.8 Å². The molecule has 0 saturated carbocycles. The van der Waals surface area contributed by atoms with Crippen molar-refractivity contribution < 1.29 is 0 Å². The van der Waals surface area contributed by atoms with Gasteiger partial charge in [0.25, 0.3) is 0 Å². The molecule has 0 aromatic carbocycles. The van der Waals surface area contributed by atoms with Crippen molar-refractivity contribution in [2.75, 3.05) is 18.8 Å². The fourth-order valence-corrected chi connectivity index (χ4v) is 2.69. The lowest BCUT2D eigenvalue weighted by Gasteiger charge is -2.21. The molecule has 1 aromatic heterocycles. The van der Waals surface area contributed by atoms with E-state index in [2.05, 4.69) is 21.6 Å². The molecule has 1 aromatic rings. The zero-order valence-corrected chi connectivity index (χ0v) is 9.89. The summed E-state index contributed by atoms with van der Waals surface area (Å²) < 4.78 is 0. The second-order valence-electron chi connectivity index (χ2n) is 4.04. The van der Waals surface area contributed by atoms with Gasteiger partial charge in [-0.15, -0.1) is 16.9 Å². The predicted molar refractivity (Wildman–Crippen MR) is 63.1 cm³/mol. The Balaban J connectivity index is 1.79. The topological polar surface area (TPSA) is 37.8 Å². The van der Waals surface area contributed by atoms with Gasteiger partial charge in [0.15, 0.2) is 0 Å². The van der Waals surface area contributed by atoms with Crippen molar-refractivity contribution in [2.24, 2.45) is 5.92 Å². The molecule has 2 heterocycles. The van der Waals surface area contributed by atoms with Crippen LogP contribution >= 0.6 is 11.8 Å². The number of nitrogens with zero attached hydrogens (tertiary/aromatic N) is 2. The number of thioether (sulfide) groups is 1. The van der Waals surface area contributed by atoms with E-state index in [4.69, 9.17) is 0 Å². The lowest BCUT2D eigenvalue weighted by Crippen LogP contribution is -2.30. The van der Waals surface area contributed by atoms with Gasteiger partial charge in [-0.25, -0.2) is 0 Å². The van der Waals surface area contributed by atoms with Crippen LogP contribution < -0.4 is 5.32 Å². The van der Waals surface area contributed by atoms with E-state index in [0.29, 0.717) is 0 Å². The number of piperidine rings is 1. The van der Waals surface area contributed by atoms with Gasteiger partial charge in [-0.2, -0.15) is 5.10 Å². The summed E-state index contributed by atoms with van der Waals surface area (Å²) >= 11 is 1.82. The maximum Gasteiger partial charge on any atom is 0.119 e. The van der Waals surface area contributed by atoms with Gasteiger partial charge in [0.2, 0.25) is 0 Å². The van der Waals surface area contributed by atoms with Gasteiger partial charge in [0.1, 0.15) is 5.03 Å². The zero-order valence-electron chi connectivity index (χ0n) is 9.07. The Kier molecular flexibility index (Phi) is 3.97. The molecule has 1 N–H and O–H groups in total. The molecule has 0 bridgehead atoms. The molecule has 0 aliphatic carbocycles. The minimum absolute atomic E-state index is 0.798. The molecule has 1 atom stereocenters. The first-order chi connectivity index (χ1) is 7.34. The van der Waals surface area contributed by atoms with E-state index in [-0.39, 0.29) is 0 Å². The summed E-state index contributed by atoms with van der Waals surface area (Å²) in [4.78, 5) is 0. The molecule has 3 nitrogen and oxygen atoms in total. The van der Waals surface area contributed by atoms with Crippen molar-refractivity contribution in [3.63, 3.8) is 0 Å². The summed E-state index contributed by atoms with van der Waals surface area (Å²) in [6.45, 7) is 4.31. The van der Waals surface area contributed by atoms with Gasteiger partial charge in [0.05, 0.1) is 5.69 Å². The van der Waals surface area contributed by atoms with Crippen LogP contribution in [0.3, 0.4) is 0 Å². The Morgan fingerprint density at radius 3 is 3.07 bits per heavy atom. The van der Waals surface area contributed by atoms with Crippen LogP contribution in [0.15, 0.2) is 17.2 Å². The molecule has 4 heteroatoms. The number of rotatable bonds is 3. The van der Waals surface area contributed by atoms with E-state index in [9.17, 15) is 0 Å². The summed E-state index contributed by atoms with van der Waals surface area (Å²) in [5.74, 6) is 1.96. The van der Waals surface area contributed by atoms with Crippen LogP contribution in [0.25, 0.3) is 0 Å². The lowest BCUT2D eigenvalue weighted by molar-refractivity contribution is 0.410. The minimum Gasteiger partial charge on any atom is -0.316 e. The number of hydrogen-bond donors (Lipinski definition) is 1. The fourth-order valence-electron chi connectivity index (χ4n) is 1.73. The number of aryl methyl sites for hydroxylation is 1. The Morgan fingerprint density at radius 2 is 2.40 bits per heavy atom. The van der Waals surface area contributed by atoms with Crippen LogP contribution in [-0.4, -0.2) is 29.0 Å². The summed E-state index contributed by atoms with van der Waals surface area (Å²) in [5, 5.41) is 12.7. The molecule has 1 unspecified atom stereocenters. The van der Waals surface area contributed by atoms with Gasteiger partial charge in [-0.1, -0.05) is 0 Å². The van der Waals surface area contributed by atoms with Crippen molar-refractivity contribution in [1.82, 2.24) is 15.5 Å². The van der Waals surface area contributed by atoms with Crippen LogP contribution in [0.5, 0.6) is 0 Å². The van der Waals surface area contributed by atoms with Crippen LogP contribution in [-0.2, 0) is 0 Å². The maximum absolute atomic E-state index is 4.16. The second-order valence-corrected chi connectivity index (χ2v) is 5.08. The third-order valence-corrected chi connectivity index (χ3v) is 3.79. The monoisotopic (exact) mass is 223 g/mol. The summed E-state index contributed by atoms with van der Waals surface area (Å²) in [5.41, 5.74) is 0.985. The highest BCUT2D eigenvalue weighted by Gasteiger charge is 2.13. The molecule has 1 fully saturated rings. The largest absolute Gasteiger partial charge is 0.316 e. The highest BCUT2D eigenvalue weighted by atomic mass is 32.2. The zero-order chi connectivity index (χ0) is 10.5. The SMILES string of the molecule is Cc1ccc(SCC2CCCNC2)nn1. The molecule has 1 aliphatic heterocycles. The molecular formula is C11H17N3S. The molecule has 0 radical (unpaired) electrons. The van der Waals surface area contributed by atoms with Crippen molar-refractivity contribution in [3.8, 4) is 0 Å². The third-order valence-electron chi connectivity index (χ3n) is 2.64. The van der Waals surface area contributed by atoms with Crippen molar-refractivity contribution >= 4 is 11.8 Å². The Labute approximate surface area is 95.1 Å². The number of nitrogens with one attached hydrogen (secondary N) is 1. The number of hydrogen-bond acceptors (Lipinski definition) is 4. The van der Waals surface area contributed by atoms with Gasteiger partial charge in [0, 0.05) is 5.75 Å². The van der Waals surface area contributed by atoms with E-state index in [1.165, 1.54) is 19.4 Å². The molecule has 0 amide bonds. The molecule has 0 spiro atoms. The lowest BCUT2D eigenvalue weighted by atomic mass is 10.0. The quantitative estimate of drug-likeness (QED) is 0.794. The highest BCUT2D eigenvalue weighted by molar-refractivity contribution is 7.99. The average molecular weight is 223 g/mol. The smallest absolute Gasteiger partial charge is 0.119 e. The van der Waals surface area contributed by atoms with Crippen LogP contribution in [0.2, 0.25) is 0 Å². The van der Waals surface area contributed by atoms with Crippen LogP contribution in [0.1, 0.15) is 18.5 Å². The van der Waals surface area contributed by atoms with Crippen molar-refractivity contribution in [1.29, 1.82) is 0 Å². The highest BCUT2D eigenvalue weighted by Crippen LogP contribution is 2.21. The third kappa shape index (κ3) is 3.47. The van der Waals surface area contributed by atoms with E-state index in [1.54, 1.807) is 0 Å². The van der Waals surface area contributed by atoms with Crippen LogP contribution in [0, 0.1) is 12.8 Å². The van der Waals surface area contributed by atoms with Gasteiger partial charge in [-0.05, 0) is 50.9 Å². The summed E-state index contributed by atoms with van der Waals surface area (Å²) in [6, 6.07) is 4.08. The second kappa shape index (κ2) is 5.47. The van der Waals surface area contributed by atoms with Gasteiger partial charge < -0.3 is 5.32 Å². The first-order valence-corrected chi connectivity index (χ1v) is 6.47. The normalized spacial score (nSPS) is 21.5. The standard InChI is InChI=1S/C11H17N3S/c1-9-4-5-11(14-13-9)15-8-10-3-2-6-12-7-10/h4-5,10,12H,2-3,6-8H2,1H3. The fraction of sp³-hybridized carbons (Fsp3) is 0.636. The summed E-state index contributed by atoms with van der Waals surface area (Å²) in [7, 11) is 0. The molecule has 82 valence electrons. The van der Waals surface area contributed by atoms with E-state index >= 15 is 0 Å². The molecule has 2 rings (SSSR count). The predicted octanol–water partition coefficient (Wildman–Crippen LogP) is 1.88. The Bertz CT molecular complexity index is 293. The van der Waals surface area contributed by atoms with Crippen LogP contribution in [0.4, 0.5) is 0 Å². The van der Waals surface area contributed by atoms with Gasteiger partial charge >= 0.3 is 0 Å². The van der Waals surface area contributed by atoms with Crippen molar-refractivity contribution in [3.05, 3.63) is 17.8 Å². The van der Waals surface area contributed by atoms with E-state index in [0.717, 1.165) is 28.9 Å². The Hall–Kier alpha value is -0.610. The molecular weight excluding hydrogens is 206 g/mol. The molecule has 1 saturated heterocycles. The Morgan fingerprint density at radius 1 is 1.47 bits per heavy atom. The first kappa shape index (κ1) is 10.9. The molecule has 1 aliphatic rings. The minimum atomic E-state index is 0.798. The maximum atomic E-state index is 4.16. The number of aromatic nitrogens is 2. The first-order valence-electron chi connectivity index (χ1n) is 5.48. The average Bonchev–Trinajstić information content (AvgIpc) is 2.30. The molecule has 15 heavy (non-hydrogen) atoms.